The fourth-order valence-electron chi connectivity index (χ4n) is 6.13. The van der Waals surface area contributed by atoms with Crippen LogP contribution in [0.3, 0.4) is 0 Å². The van der Waals surface area contributed by atoms with Crippen LogP contribution in [0.4, 0.5) is 8.78 Å². The zero-order chi connectivity index (χ0) is 23.2. The molecule has 33 heavy (non-hydrogen) atoms. The molecule has 2 saturated heterocycles. The Morgan fingerprint density at radius 1 is 1.15 bits per heavy atom. The molecule has 4 aliphatic heterocycles. The molecule has 1 aromatic carbocycles. The maximum absolute atomic E-state index is 14.6. The summed E-state index contributed by atoms with van der Waals surface area (Å²) in [6.45, 7) is 2.58. The van der Waals surface area contributed by atoms with Gasteiger partial charge >= 0.3 is 0 Å². The molecule has 9 heteroatoms. The van der Waals surface area contributed by atoms with Crippen molar-refractivity contribution in [2.75, 3.05) is 26.4 Å². The van der Waals surface area contributed by atoms with Gasteiger partial charge in [0.05, 0.1) is 43.9 Å². The van der Waals surface area contributed by atoms with E-state index in [1.165, 1.54) is 6.07 Å². The zero-order valence-electron chi connectivity index (χ0n) is 18.8. The Morgan fingerprint density at radius 2 is 1.94 bits per heavy atom. The number of nitrogens with one attached hydrogen (secondary N) is 1. The van der Waals surface area contributed by atoms with Gasteiger partial charge in [0, 0.05) is 17.7 Å². The molecule has 3 fully saturated rings. The standard InChI is InChI=1S/C24H30F2N2O5/c1-14-10-24(13-31-12-21(29)27-24)20-11-33-17-4-2-15(3-5-17)18-8-16(25)9-19(26)23(18)32-7-6-22(30)28(14)20/h8-9,14-15,17,20H,2-7,10-13H2,1H3,(H,27,29)/t14-,15?,17?,20-,24+/m1/s1. The molecule has 1 saturated carbocycles. The number of benzene rings is 1. The van der Waals surface area contributed by atoms with Crippen LogP contribution in [0.5, 0.6) is 5.75 Å². The average molecular weight is 465 g/mol. The predicted octanol–water partition coefficient (Wildman–Crippen LogP) is 2.66. The van der Waals surface area contributed by atoms with E-state index in [1.807, 2.05) is 6.92 Å². The lowest BCUT2D eigenvalue weighted by Gasteiger charge is -2.42. The summed E-state index contributed by atoms with van der Waals surface area (Å²) in [5, 5.41) is 3.09. The second-order valence-electron chi connectivity index (χ2n) is 9.78. The van der Waals surface area contributed by atoms with Gasteiger partial charge in [0.25, 0.3) is 0 Å². The van der Waals surface area contributed by atoms with E-state index in [0.717, 1.165) is 31.7 Å². The highest BCUT2D eigenvalue weighted by Gasteiger charge is 2.55. The number of rotatable bonds is 0. The highest BCUT2D eigenvalue weighted by molar-refractivity contribution is 5.81. The molecule has 6 rings (SSSR count). The minimum Gasteiger partial charge on any atom is -0.490 e. The molecule has 4 heterocycles. The highest BCUT2D eigenvalue weighted by Crippen LogP contribution is 2.42. The Labute approximate surface area is 191 Å². The topological polar surface area (TPSA) is 77.1 Å². The lowest BCUT2D eigenvalue weighted by Crippen LogP contribution is -2.65. The number of carbonyl (C=O) groups is 2. The second kappa shape index (κ2) is 8.83. The number of amides is 2. The van der Waals surface area contributed by atoms with Gasteiger partial charge in [0.1, 0.15) is 12.4 Å². The first-order valence-electron chi connectivity index (χ1n) is 11.8. The minimum absolute atomic E-state index is 0.0150. The van der Waals surface area contributed by atoms with Gasteiger partial charge in [-0.2, -0.15) is 0 Å². The van der Waals surface area contributed by atoms with E-state index >= 15 is 0 Å². The van der Waals surface area contributed by atoms with Gasteiger partial charge in [-0.1, -0.05) is 0 Å². The number of nitrogens with zero attached hydrogens (tertiary/aromatic N) is 1. The fourth-order valence-corrected chi connectivity index (χ4v) is 6.13. The quantitative estimate of drug-likeness (QED) is 0.639. The van der Waals surface area contributed by atoms with Crippen molar-refractivity contribution in [2.45, 2.75) is 75.1 Å². The predicted molar refractivity (Wildman–Crippen MR) is 114 cm³/mol. The van der Waals surface area contributed by atoms with E-state index in [9.17, 15) is 18.4 Å². The molecule has 1 spiro atoms. The third-order valence-electron chi connectivity index (χ3n) is 7.58. The average Bonchev–Trinajstić information content (AvgIpc) is 3.03. The van der Waals surface area contributed by atoms with Crippen molar-refractivity contribution < 1.29 is 32.6 Å². The van der Waals surface area contributed by atoms with Gasteiger partial charge in [-0.05, 0) is 51.0 Å². The van der Waals surface area contributed by atoms with Crippen LogP contribution in [0.1, 0.15) is 56.9 Å². The van der Waals surface area contributed by atoms with E-state index in [2.05, 4.69) is 5.32 Å². The molecular weight excluding hydrogens is 434 g/mol. The van der Waals surface area contributed by atoms with Crippen LogP contribution in [0, 0.1) is 11.6 Å². The van der Waals surface area contributed by atoms with E-state index in [0.29, 0.717) is 25.2 Å². The molecule has 180 valence electrons. The van der Waals surface area contributed by atoms with Crippen molar-refractivity contribution >= 4 is 11.8 Å². The molecule has 1 N–H and O–H groups in total. The molecule has 1 aliphatic carbocycles. The van der Waals surface area contributed by atoms with Crippen molar-refractivity contribution in [2.24, 2.45) is 0 Å². The van der Waals surface area contributed by atoms with Crippen LogP contribution in [-0.4, -0.2) is 66.9 Å². The van der Waals surface area contributed by atoms with Gasteiger partial charge in [-0.3, -0.25) is 9.59 Å². The van der Waals surface area contributed by atoms with E-state index in [-0.39, 0.29) is 61.3 Å². The maximum Gasteiger partial charge on any atom is 0.246 e. The van der Waals surface area contributed by atoms with Crippen molar-refractivity contribution in [3.63, 3.8) is 0 Å². The van der Waals surface area contributed by atoms with Crippen LogP contribution in [0.25, 0.3) is 0 Å². The minimum atomic E-state index is -0.739. The summed E-state index contributed by atoms with van der Waals surface area (Å²) in [5.74, 6) is -1.69. The van der Waals surface area contributed by atoms with Gasteiger partial charge in [0.2, 0.25) is 11.8 Å². The number of fused-ring (bicyclic) bond motifs is 6. The molecule has 3 atom stereocenters. The number of halogens is 2. The number of morpholine rings is 1. The summed E-state index contributed by atoms with van der Waals surface area (Å²) in [6.07, 6.45) is 3.55. The zero-order valence-corrected chi connectivity index (χ0v) is 18.8. The Balaban J connectivity index is 1.45. The number of hydrogen-bond donors (Lipinski definition) is 1. The number of hydrogen-bond acceptors (Lipinski definition) is 5. The van der Waals surface area contributed by atoms with Gasteiger partial charge in [-0.15, -0.1) is 0 Å². The van der Waals surface area contributed by atoms with E-state index in [4.69, 9.17) is 14.2 Å². The largest absolute Gasteiger partial charge is 0.490 e. The normalized spacial score (nSPS) is 34.9. The van der Waals surface area contributed by atoms with Crippen molar-refractivity contribution in [3.8, 4) is 5.75 Å². The third-order valence-corrected chi connectivity index (χ3v) is 7.58. The van der Waals surface area contributed by atoms with Gasteiger partial charge < -0.3 is 24.4 Å². The summed E-state index contributed by atoms with van der Waals surface area (Å²) in [6, 6.07) is 1.69. The molecule has 0 unspecified atom stereocenters. The Kier molecular flexibility index (Phi) is 6.03. The molecule has 0 aromatic heterocycles. The Bertz CT molecular complexity index is 936. The van der Waals surface area contributed by atoms with Crippen molar-refractivity contribution in [3.05, 3.63) is 29.3 Å². The molecule has 0 radical (unpaired) electrons. The SMILES string of the molecule is C[C@@H]1C[C@]2(COCC(=O)N2)[C@H]2COC3CCC(CC3)c3cc(F)cc(F)c3OCCC(=O)N12. The lowest BCUT2D eigenvalue weighted by atomic mass is 9.82. The fraction of sp³-hybridized carbons (Fsp3) is 0.667. The maximum atomic E-state index is 14.6. The van der Waals surface area contributed by atoms with Crippen LogP contribution in [0.2, 0.25) is 0 Å². The van der Waals surface area contributed by atoms with Gasteiger partial charge in [-0.25, -0.2) is 8.78 Å². The first kappa shape index (κ1) is 22.5. The van der Waals surface area contributed by atoms with Crippen LogP contribution in [0.15, 0.2) is 12.1 Å². The highest BCUT2D eigenvalue weighted by atomic mass is 19.1. The first-order chi connectivity index (χ1) is 15.9. The Morgan fingerprint density at radius 3 is 2.70 bits per heavy atom. The molecule has 5 aliphatic rings. The Hall–Kier alpha value is -2.26. The molecule has 2 bridgehead atoms. The number of carbonyl (C=O) groups excluding carboxylic acids is 2. The second-order valence-corrected chi connectivity index (χ2v) is 9.78. The van der Waals surface area contributed by atoms with Crippen LogP contribution >= 0.6 is 0 Å². The van der Waals surface area contributed by atoms with E-state index in [1.54, 1.807) is 4.90 Å². The molecule has 1 aromatic rings. The van der Waals surface area contributed by atoms with E-state index < -0.39 is 17.2 Å². The third kappa shape index (κ3) is 4.21. The smallest absolute Gasteiger partial charge is 0.246 e. The summed E-state index contributed by atoms with van der Waals surface area (Å²) in [5.41, 5.74) is -0.153. The summed E-state index contributed by atoms with van der Waals surface area (Å²) in [4.78, 5) is 27.2. The van der Waals surface area contributed by atoms with Crippen molar-refractivity contribution in [1.82, 2.24) is 10.2 Å². The molecule has 2 amide bonds. The molecular formula is C24H30F2N2O5. The summed E-state index contributed by atoms with van der Waals surface area (Å²) in [7, 11) is 0. The first-order valence-corrected chi connectivity index (χ1v) is 11.8. The van der Waals surface area contributed by atoms with Crippen LogP contribution < -0.4 is 10.1 Å². The molecule has 7 nitrogen and oxygen atoms in total. The monoisotopic (exact) mass is 464 g/mol. The van der Waals surface area contributed by atoms with Gasteiger partial charge in [0.15, 0.2) is 11.6 Å². The summed E-state index contributed by atoms with van der Waals surface area (Å²) < 4.78 is 46.3. The van der Waals surface area contributed by atoms with Crippen LogP contribution in [-0.2, 0) is 19.1 Å². The lowest BCUT2D eigenvalue weighted by molar-refractivity contribution is -0.144. The van der Waals surface area contributed by atoms with Crippen molar-refractivity contribution in [1.29, 1.82) is 0 Å². The number of ether oxygens (including phenoxy) is 3. The summed E-state index contributed by atoms with van der Waals surface area (Å²) >= 11 is 0.